The molecule has 1 saturated heterocycles. The van der Waals surface area contributed by atoms with Crippen molar-refractivity contribution in [2.45, 2.75) is 32.0 Å². The maximum Gasteiger partial charge on any atom is 0.314 e. The van der Waals surface area contributed by atoms with Gasteiger partial charge >= 0.3 is 5.97 Å². The van der Waals surface area contributed by atoms with Crippen molar-refractivity contribution >= 4 is 5.97 Å². The Morgan fingerprint density at radius 3 is 2.78 bits per heavy atom. The molecule has 0 unspecified atom stereocenters. The number of hydrogen-bond acceptors (Lipinski definition) is 4. The first kappa shape index (κ1) is 12.2. The van der Waals surface area contributed by atoms with E-state index in [2.05, 4.69) is 12.2 Å². The molecule has 4 nitrogen and oxygen atoms in total. The predicted octanol–water partition coefficient (Wildman–Crippen LogP) is 1.89. The highest BCUT2D eigenvalue weighted by Crippen LogP contribution is 2.53. The third-order valence-corrected chi connectivity index (χ3v) is 4.38. The summed E-state index contributed by atoms with van der Waals surface area (Å²) in [7, 11) is 0. The van der Waals surface area contributed by atoms with Gasteiger partial charge in [-0.15, -0.1) is 0 Å². The summed E-state index contributed by atoms with van der Waals surface area (Å²) in [4.78, 5) is 12.3. The molecule has 0 radical (unpaired) electrons. The zero-order chi connectivity index (χ0) is 12.6. The lowest BCUT2D eigenvalue weighted by molar-refractivity contribution is -0.203. The van der Waals surface area contributed by atoms with E-state index in [4.69, 9.17) is 14.2 Å². The van der Waals surface area contributed by atoms with Crippen molar-refractivity contribution in [3.8, 4) is 0 Å². The van der Waals surface area contributed by atoms with Gasteiger partial charge in [0.15, 0.2) is 5.79 Å². The van der Waals surface area contributed by atoms with E-state index in [1.165, 1.54) is 0 Å². The fourth-order valence-corrected chi connectivity index (χ4v) is 3.71. The number of carbonyl (C=O) groups is 1. The maximum absolute atomic E-state index is 12.3. The summed E-state index contributed by atoms with van der Waals surface area (Å²) in [6.07, 6.45) is 7.15. The second kappa shape index (κ2) is 4.67. The number of carbonyl (C=O) groups excluding carboxylic acids is 1. The molecule has 0 aromatic carbocycles. The molecule has 0 amide bonds. The zero-order valence-electron chi connectivity index (χ0n) is 10.8. The van der Waals surface area contributed by atoms with Crippen molar-refractivity contribution in [3.63, 3.8) is 0 Å². The van der Waals surface area contributed by atoms with Gasteiger partial charge in [-0.2, -0.15) is 0 Å². The van der Waals surface area contributed by atoms with Crippen molar-refractivity contribution in [1.29, 1.82) is 0 Å². The minimum atomic E-state index is -0.701. The van der Waals surface area contributed by atoms with Crippen LogP contribution in [0.2, 0.25) is 0 Å². The summed E-state index contributed by atoms with van der Waals surface area (Å²) < 4.78 is 16.9. The normalized spacial score (nSPS) is 36.8. The summed E-state index contributed by atoms with van der Waals surface area (Å²) in [5, 5.41) is 0. The summed E-state index contributed by atoms with van der Waals surface area (Å²) >= 11 is 0. The van der Waals surface area contributed by atoms with Crippen molar-refractivity contribution in [2.75, 3.05) is 19.8 Å². The molecule has 0 bridgehead atoms. The molecular formula is C14H20O4. The Morgan fingerprint density at radius 2 is 2.06 bits per heavy atom. The largest absolute Gasteiger partial charge is 0.466 e. The fraction of sp³-hybridized carbons (Fsp3) is 0.786. The van der Waals surface area contributed by atoms with E-state index >= 15 is 0 Å². The Bertz CT molecular complexity index is 357. The van der Waals surface area contributed by atoms with Crippen LogP contribution in [0.3, 0.4) is 0 Å². The molecule has 1 aliphatic heterocycles. The van der Waals surface area contributed by atoms with Crippen LogP contribution >= 0.6 is 0 Å². The SMILES string of the molecule is CCOC(=O)[C@@H]1[C@H]2CC=CC[C@@H]2CC12OCCO2. The van der Waals surface area contributed by atoms with Crippen LogP contribution in [0.1, 0.15) is 26.2 Å². The van der Waals surface area contributed by atoms with Gasteiger partial charge < -0.3 is 14.2 Å². The second-order valence-electron chi connectivity index (χ2n) is 5.31. The van der Waals surface area contributed by atoms with Crippen molar-refractivity contribution in [1.82, 2.24) is 0 Å². The minimum absolute atomic E-state index is 0.151. The molecule has 3 aliphatic rings. The molecule has 3 atom stereocenters. The Hall–Kier alpha value is -0.870. The maximum atomic E-state index is 12.3. The van der Waals surface area contributed by atoms with Gasteiger partial charge in [0.05, 0.1) is 19.8 Å². The number of fused-ring (bicyclic) bond motifs is 1. The van der Waals surface area contributed by atoms with Crippen LogP contribution in [0.25, 0.3) is 0 Å². The lowest BCUT2D eigenvalue weighted by atomic mass is 9.81. The van der Waals surface area contributed by atoms with Crippen molar-refractivity contribution in [3.05, 3.63) is 12.2 Å². The molecule has 0 aromatic rings. The van der Waals surface area contributed by atoms with Crippen LogP contribution in [-0.4, -0.2) is 31.6 Å². The molecule has 1 spiro atoms. The van der Waals surface area contributed by atoms with Gasteiger partial charge in [-0.3, -0.25) is 4.79 Å². The monoisotopic (exact) mass is 252 g/mol. The molecule has 1 heterocycles. The van der Waals surface area contributed by atoms with Crippen LogP contribution in [0.5, 0.6) is 0 Å². The third kappa shape index (κ3) is 1.79. The molecule has 4 heteroatoms. The van der Waals surface area contributed by atoms with E-state index in [-0.39, 0.29) is 11.9 Å². The van der Waals surface area contributed by atoms with Crippen LogP contribution in [0.15, 0.2) is 12.2 Å². The molecular weight excluding hydrogens is 232 g/mol. The summed E-state index contributed by atoms with van der Waals surface area (Å²) in [6, 6.07) is 0. The standard InChI is InChI=1S/C14H20O4/c1-2-16-13(15)12-11-6-4-3-5-10(11)9-14(12)17-7-8-18-14/h3-4,10-12H,2,5-9H2,1H3/t10-,11+,12+/m1/s1. The molecule has 1 saturated carbocycles. The molecule has 2 fully saturated rings. The topological polar surface area (TPSA) is 44.8 Å². The highest BCUT2D eigenvalue weighted by Gasteiger charge is 2.60. The van der Waals surface area contributed by atoms with Gasteiger partial charge in [-0.1, -0.05) is 12.2 Å². The van der Waals surface area contributed by atoms with Crippen molar-refractivity contribution in [2.24, 2.45) is 17.8 Å². The van der Waals surface area contributed by atoms with Crippen LogP contribution in [0.4, 0.5) is 0 Å². The highest BCUT2D eigenvalue weighted by molar-refractivity contribution is 5.75. The fourth-order valence-electron chi connectivity index (χ4n) is 3.71. The molecule has 3 rings (SSSR count). The van der Waals surface area contributed by atoms with Gasteiger partial charge in [0, 0.05) is 6.42 Å². The van der Waals surface area contributed by atoms with E-state index in [0.29, 0.717) is 31.7 Å². The molecule has 0 aromatic heterocycles. The van der Waals surface area contributed by atoms with Crippen LogP contribution < -0.4 is 0 Å². The summed E-state index contributed by atoms with van der Waals surface area (Å²) in [6.45, 7) is 3.43. The molecule has 2 aliphatic carbocycles. The summed E-state index contributed by atoms with van der Waals surface area (Å²) in [5.41, 5.74) is 0. The first-order chi connectivity index (χ1) is 8.77. The molecule has 18 heavy (non-hydrogen) atoms. The number of esters is 1. The molecule has 0 N–H and O–H groups in total. The first-order valence-electron chi connectivity index (χ1n) is 6.86. The van der Waals surface area contributed by atoms with Crippen LogP contribution in [-0.2, 0) is 19.0 Å². The Morgan fingerprint density at radius 1 is 1.33 bits per heavy atom. The minimum Gasteiger partial charge on any atom is -0.466 e. The van der Waals surface area contributed by atoms with E-state index in [9.17, 15) is 4.79 Å². The number of rotatable bonds is 2. The first-order valence-corrected chi connectivity index (χ1v) is 6.86. The van der Waals surface area contributed by atoms with Gasteiger partial charge in [-0.25, -0.2) is 0 Å². The average molecular weight is 252 g/mol. The van der Waals surface area contributed by atoms with Gasteiger partial charge in [0.1, 0.15) is 5.92 Å². The predicted molar refractivity (Wildman–Crippen MR) is 64.7 cm³/mol. The van der Waals surface area contributed by atoms with Gasteiger partial charge in [-0.05, 0) is 31.6 Å². The average Bonchev–Trinajstić information content (AvgIpc) is 2.94. The second-order valence-corrected chi connectivity index (χ2v) is 5.31. The summed E-state index contributed by atoms with van der Waals surface area (Å²) in [5.74, 6) is -0.306. The van der Waals surface area contributed by atoms with Crippen molar-refractivity contribution < 1.29 is 19.0 Å². The third-order valence-electron chi connectivity index (χ3n) is 4.38. The zero-order valence-corrected chi connectivity index (χ0v) is 10.8. The van der Waals surface area contributed by atoms with E-state index < -0.39 is 5.79 Å². The highest BCUT2D eigenvalue weighted by atomic mass is 16.7. The number of hydrogen-bond donors (Lipinski definition) is 0. The number of allylic oxidation sites excluding steroid dienone is 2. The Balaban J connectivity index is 1.88. The van der Waals surface area contributed by atoms with Crippen LogP contribution in [0, 0.1) is 17.8 Å². The van der Waals surface area contributed by atoms with E-state index in [0.717, 1.165) is 19.3 Å². The lowest BCUT2D eigenvalue weighted by Crippen LogP contribution is -2.42. The molecule has 100 valence electrons. The van der Waals surface area contributed by atoms with E-state index in [1.807, 2.05) is 6.92 Å². The quantitative estimate of drug-likeness (QED) is 0.556. The Kier molecular flexibility index (Phi) is 3.16. The van der Waals surface area contributed by atoms with Gasteiger partial charge in [0.2, 0.25) is 0 Å². The lowest BCUT2D eigenvalue weighted by Gasteiger charge is -2.30. The van der Waals surface area contributed by atoms with E-state index in [1.54, 1.807) is 0 Å². The smallest absolute Gasteiger partial charge is 0.314 e. The van der Waals surface area contributed by atoms with Gasteiger partial charge in [0.25, 0.3) is 0 Å². The number of ether oxygens (including phenoxy) is 3. The Labute approximate surface area is 107 Å².